The smallest absolute Gasteiger partial charge is 0.324 e. The Hall–Kier alpha value is -2.90. The molecule has 0 unspecified atom stereocenters. The third-order valence-electron chi connectivity index (χ3n) is 3.33. The zero-order valence-electron chi connectivity index (χ0n) is 13.1. The van der Waals surface area contributed by atoms with Crippen molar-refractivity contribution in [2.45, 2.75) is 13.1 Å². The Morgan fingerprint density at radius 3 is 2.24 bits per heavy atom. The van der Waals surface area contributed by atoms with Crippen LogP contribution < -0.4 is 10.2 Å². The van der Waals surface area contributed by atoms with Crippen LogP contribution in [0.15, 0.2) is 48.5 Å². The van der Waals surface area contributed by atoms with E-state index < -0.39 is 41.6 Å². The molecule has 0 aromatic heterocycles. The minimum absolute atomic E-state index is 0.130. The Morgan fingerprint density at radius 1 is 1.04 bits per heavy atom. The molecule has 0 aliphatic carbocycles. The molecule has 8 heteroatoms. The highest BCUT2D eigenvalue weighted by atomic mass is 19.4. The number of nitrogens with zero attached hydrogens (tertiary/aromatic N) is 1. The SMILES string of the molecule is CC(=O)N(CC(=O)Nc1ccccc1C(F)(F)F)c1ccccc1F. The number of alkyl halides is 3. The molecule has 0 bridgehead atoms. The van der Waals surface area contributed by atoms with Gasteiger partial charge in [0.05, 0.1) is 16.9 Å². The standard InChI is InChI=1S/C17H14F4N2O2/c1-11(24)23(15-9-5-3-7-13(15)18)10-16(25)22-14-8-4-2-6-12(14)17(19,20)21/h2-9H,10H2,1H3,(H,22,25). The van der Waals surface area contributed by atoms with E-state index in [2.05, 4.69) is 5.32 Å². The molecule has 132 valence electrons. The summed E-state index contributed by atoms with van der Waals surface area (Å²) in [5.74, 6) is -2.22. The molecule has 2 aromatic carbocycles. The summed E-state index contributed by atoms with van der Waals surface area (Å²) in [4.78, 5) is 24.7. The number of halogens is 4. The lowest BCUT2D eigenvalue weighted by Gasteiger charge is -2.21. The molecule has 1 N–H and O–H groups in total. The van der Waals surface area contributed by atoms with Gasteiger partial charge in [-0.15, -0.1) is 0 Å². The van der Waals surface area contributed by atoms with E-state index in [1.807, 2.05) is 0 Å². The zero-order valence-corrected chi connectivity index (χ0v) is 13.1. The van der Waals surface area contributed by atoms with Crippen molar-refractivity contribution in [1.29, 1.82) is 0 Å². The second-order valence-electron chi connectivity index (χ2n) is 5.15. The predicted molar refractivity (Wildman–Crippen MR) is 84.5 cm³/mol. The molecule has 25 heavy (non-hydrogen) atoms. The number of rotatable bonds is 4. The third kappa shape index (κ3) is 4.56. The van der Waals surface area contributed by atoms with Crippen LogP contribution in [0.4, 0.5) is 28.9 Å². The van der Waals surface area contributed by atoms with E-state index >= 15 is 0 Å². The summed E-state index contributed by atoms with van der Waals surface area (Å²) in [6.45, 7) is 0.506. The predicted octanol–water partition coefficient (Wildman–Crippen LogP) is 3.84. The molecule has 0 aliphatic rings. The topological polar surface area (TPSA) is 49.4 Å². The Labute approximate surface area is 141 Å². The van der Waals surface area contributed by atoms with Gasteiger partial charge in [0.2, 0.25) is 11.8 Å². The van der Waals surface area contributed by atoms with Crippen LogP contribution in [0.5, 0.6) is 0 Å². The second-order valence-corrected chi connectivity index (χ2v) is 5.15. The largest absolute Gasteiger partial charge is 0.418 e. The molecule has 0 radical (unpaired) electrons. The van der Waals surface area contributed by atoms with E-state index in [1.165, 1.54) is 30.3 Å². The van der Waals surface area contributed by atoms with E-state index in [1.54, 1.807) is 0 Å². The minimum atomic E-state index is -4.64. The van der Waals surface area contributed by atoms with Crippen LogP contribution in [0.25, 0.3) is 0 Å². The first-order valence-corrected chi connectivity index (χ1v) is 7.19. The zero-order chi connectivity index (χ0) is 18.6. The van der Waals surface area contributed by atoms with Crippen LogP contribution in [0, 0.1) is 5.82 Å². The summed E-state index contributed by atoms with van der Waals surface area (Å²) in [5, 5.41) is 2.12. The summed E-state index contributed by atoms with van der Waals surface area (Å²) < 4.78 is 52.6. The van der Waals surface area contributed by atoms with Gasteiger partial charge in [-0.1, -0.05) is 24.3 Å². The van der Waals surface area contributed by atoms with Crippen LogP contribution in [0.3, 0.4) is 0 Å². The molecular weight excluding hydrogens is 340 g/mol. The maximum absolute atomic E-state index is 13.8. The molecule has 0 aliphatic heterocycles. The lowest BCUT2D eigenvalue weighted by atomic mass is 10.1. The fraction of sp³-hybridized carbons (Fsp3) is 0.176. The highest BCUT2D eigenvalue weighted by Crippen LogP contribution is 2.34. The molecule has 2 rings (SSSR count). The Bertz CT molecular complexity index is 790. The van der Waals surface area contributed by atoms with E-state index in [9.17, 15) is 27.2 Å². The van der Waals surface area contributed by atoms with Gasteiger partial charge >= 0.3 is 6.18 Å². The summed E-state index contributed by atoms with van der Waals surface area (Å²) in [7, 11) is 0. The van der Waals surface area contributed by atoms with Gasteiger partial charge in [-0.3, -0.25) is 9.59 Å². The van der Waals surface area contributed by atoms with Crippen molar-refractivity contribution < 1.29 is 27.2 Å². The number of anilines is 2. The fourth-order valence-corrected chi connectivity index (χ4v) is 2.21. The number of hydrogen-bond acceptors (Lipinski definition) is 2. The minimum Gasteiger partial charge on any atom is -0.324 e. The van der Waals surface area contributed by atoms with E-state index in [4.69, 9.17) is 0 Å². The highest BCUT2D eigenvalue weighted by Gasteiger charge is 2.33. The average molecular weight is 354 g/mol. The number of amides is 2. The molecule has 0 saturated heterocycles. The van der Waals surface area contributed by atoms with Gasteiger partial charge in [-0.25, -0.2) is 4.39 Å². The second kappa shape index (κ2) is 7.33. The summed E-state index contributed by atoms with van der Waals surface area (Å²) in [6, 6.07) is 9.76. The summed E-state index contributed by atoms with van der Waals surface area (Å²) in [6.07, 6.45) is -4.64. The molecule has 0 saturated carbocycles. The van der Waals surface area contributed by atoms with Gasteiger partial charge in [0, 0.05) is 6.92 Å². The number of carbonyl (C=O) groups excluding carboxylic acids is 2. The molecule has 4 nitrogen and oxygen atoms in total. The van der Waals surface area contributed by atoms with Gasteiger partial charge in [-0.05, 0) is 24.3 Å². The maximum atomic E-state index is 13.8. The Kier molecular flexibility index (Phi) is 5.41. The number of benzene rings is 2. The first-order valence-electron chi connectivity index (χ1n) is 7.19. The van der Waals surface area contributed by atoms with Gasteiger partial charge in [0.15, 0.2) is 0 Å². The third-order valence-corrected chi connectivity index (χ3v) is 3.33. The van der Waals surface area contributed by atoms with Gasteiger partial charge in [-0.2, -0.15) is 13.2 Å². The van der Waals surface area contributed by atoms with Crippen molar-refractivity contribution in [3.63, 3.8) is 0 Å². The molecule has 0 spiro atoms. The molecule has 0 fully saturated rings. The summed E-state index contributed by atoms with van der Waals surface area (Å²) in [5.41, 5.74) is -1.57. The van der Waals surface area contributed by atoms with Crippen LogP contribution in [-0.2, 0) is 15.8 Å². The van der Waals surface area contributed by atoms with Crippen LogP contribution in [0.1, 0.15) is 12.5 Å². The summed E-state index contributed by atoms with van der Waals surface area (Å²) >= 11 is 0. The van der Waals surface area contributed by atoms with Gasteiger partial charge in [0.1, 0.15) is 12.4 Å². The highest BCUT2D eigenvalue weighted by molar-refractivity contribution is 6.02. The molecule has 0 atom stereocenters. The number of para-hydroxylation sites is 2. The molecular formula is C17H14F4N2O2. The van der Waals surface area contributed by atoms with Crippen molar-refractivity contribution in [3.8, 4) is 0 Å². The maximum Gasteiger partial charge on any atom is 0.418 e. The fourth-order valence-electron chi connectivity index (χ4n) is 2.21. The van der Waals surface area contributed by atoms with Crippen molar-refractivity contribution in [2.24, 2.45) is 0 Å². The van der Waals surface area contributed by atoms with Crippen LogP contribution >= 0.6 is 0 Å². The van der Waals surface area contributed by atoms with Crippen LogP contribution in [0.2, 0.25) is 0 Å². The van der Waals surface area contributed by atoms with E-state index in [0.717, 1.165) is 30.0 Å². The molecule has 2 amide bonds. The molecule has 0 heterocycles. The quantitative estimate of drug-likeness (QED) is 0.849. The number of hydrogen-bond donors (Lipinski definition) is 1. The van der Waals surface area contributed by atoms with Gasteiger partial charge < -0.3 is 10.2 Å². The van der Waals surface area contributed by atoms with E-state index in [-0.39, 0.29) is 5.69 Å². The normalized spacial score (nSPS) is 11.1. The van der Waals surface area contributed by atoms with Crippen molar-refractivity contribution in [1.82, 2.24) is 0 Å². The van der Waals surface area contributed by atoms with E-state index in [0.29, 0.717) is 0 Å². The number of nitrogens with one attached hydrogen (secondary N) is 1. The molecule has 2 aromatic rings. The first kappa shape index (κ1) is 18.4. The number of carbonyl (C=O) groups is 2. The van der Waals surface area contributed by atoms with Crippen molar-refractivity contribution in [2.75, 3.05) is 16.8 Å². The first-order chi connectivity index (χ1) is 11.7. The Balaban J connectivity index is 2.22. The average Bonchev–Trinajstić information content (AvgIpc) is 2.52. The van der Waals surface area contributed by atoms with Crippen molar-refractivity contribution in [3.05, 3.63) is 59.9 Å². The Morgan fingerprint density at radius 2 is 1.64 bits per heavy atom. The van der Waals surface area contributed by atoms with Crippen LogP contribution in [-0.4, -0.2) is 18.4 Å². The lowest BCUT2D eigenvalue weighted by molar-refractivity contribution is -0.137. The van der Waals surface area contributed by atoms with Crippen molar-refractivity contribution >= 4 is 23.2 Å². The monoisotopic (exact) mass is 354 g/mol. The van der Waals surface area contributed by atoms with Gasteiger partial charge in [0.25, 0.3) is 0 Å². The lowest BCUT2D eigenvalue weighted by Crippen LogP contribution is -2.37.